The molecule has 0 radical (unpaired) electrons. The number of rotatable bonds is 2. The average Bonchev–Trinajstić information content (AvgIpc) is 2.30. The van der Waals surface area contributed by atoms with E-state index in [1.807, 2.05) is 0 Å². The molecule has 1 rings (SSSR count). The van der Waals surface area contributed by atoms with Gasteiger partial charge in [0.1, 0.15) is 7.05 Å². The first-order chi connectivity index (χ1) is 5.16. The normalized spacial score (nSPS) is 9.17. The number of hydrogen-bond donors (Lipinski definition) is 1. The first-order valence-corrected chi connectivity index (χ1v) is 3.56. The molecule has 0 aliphatic rings. The van der Waals surface area contributed by atoms with Crippen LogP contribution in [0.25, 0.3) is 0 Å². The summed E-state index contributed by atoms with van der Waals surface area (Å²) in [6.45, 7) is 0. The molecule has 0 aliphatic carbocycles. The van der Waals surface area contributed by atoms with Crippen molar-refractivity contribution in [1.29, 1.82) is 0 Å². The minimum absolute atomic E-state index is 0. The van der Waals surface area contributed by atoms with Crippen LogP contribution < -0.4 is 0 Å². The Labute approximate surface area is 75.9 Å². The molecule has 0 aliphatic heterocycles. The summed E-state index contributed by atoms with van der Waals surface area (Å²) in [7, 11) is 1.53. The summed E-state index contributed by atoms with van der Waals surface area (Å²) in [5, 5.41) is 14.1. The zero-order chi connectivity index (χ0) is 8.43. The highest BCUT2D eigenvalue weighted by molar-refractivity contribution is 7.79. The van der Waals surface area contributed by atoms with Gasteiger partial charge in [0.05, 0.1) is 11.8 Å². The maximum atomic E-state index is 10.4. The summed E-state index contributed by atoms with van der Waals surface area (Å²) in [4.78, 5) is 9.91. The van der Waals surface area contributed by atoms with Gasteiger partial charge in [0.15, 0.2) is 0 Å². The van der Waals surface area contributed by atoms with E-state index < -0.39 is 4.92 Å². The molecule has 0 unspecified atom stereocenters. The van der Waals surface area contributed by atoms with E-state index in [1.54, 1.807) is 0 Å². The van der Waals surface area contributed by atoms with Gasteiger partial charge in [-0.25, -0.2) is 0 Å². The van der Waals surface area contributed by atoms with Crippen molar-refractivity contribution in [2.45, 2.75) is 13.2 Å². The lowest BCUT2D eigenvalue weighted by atomic mass is 10.4. The van der Waals surface area contributed by atoms with Crippen molar-refractivity contribution < 1.29 is 4.92 Å². The number of aryl methyl sites for hydroxylation is 1. The molecule has 6 heteroatoms. The molecule has 0 atom stereocenters. The molecule has 0 amide bonds. The van der Waals surface area contributed by atoms with E-state index in [0.717, 1.165) is 0 Å². The summed E-state index contributed by atoms with van der Waals surface area (Å²) >= 11 is 3.93. The highest BCUT2D eigenvalue weighted by Crippen LogP contribution is 2.17. The maximum absolute atomic E-state index is 10.4. The number of nitrogens with zero attached hydrogens (tertiary/aromatic N) is 3. The monoisotopic (exact) mass is 189 g/mol. The topological polar surface area (TPSA) is 61.0 Å². The van der Waals surface area contributed by atoms with Gasteiger partial charge in [0, 0.05) is 5.75 Å². The molecule has 0 saturated carbocycles. The zero-order valence-electron chi connectivity index (χ0n) is 5.89. The fourth-order valence-corrected chi connectivity index (χ4v) is 1.05. The summed E-state index contributed by atoms with van der Waals surface area (Å²) in [5.41, 5.74) is 0.542. The first-order valence-electron chi connectivity index (χ1n) is 2.93. The second-order valence-corrected chi connectivity index (χ2v) is 2.35. The van der Waals surface area contributed by atoms with Gasteiger partial charge >= 0.3 is 5.82 Å². The quantitative estimate of drug-likeness (QED) is 0.434. The lowest BCUT2D eigenvalue weighted by Gasteiger charge is -1.94. The maximum Gasteiger partial charge on any atom is 0.348 e. The number of hydrogen-bond acceptors (Lipinski definition) is 4. The van der Waals surface area contributed by atoms with E-state index in [4.69, 9.17) is 0 Å². The van der Waals surface area contributed by atoms with Gasteiger partial charge in [-0.1, -0.05) is 12.5 Å². The lowest BCUT2D eigenvalue weighted by Crippen LogP contribution is -1.99. The molecule has 0 saturated heterocycles. The third-order valence-corrected chi connectivity index (χ3v) is 1.66. The van der Waals surface area contributed by atoms with Crippen LogP contribution in [0.4, 0.5) is 5.82 Å². The summed E-state index contributed by atoms with van der Waals surface area (Å²) in [6.07, 6.45) is 1.45. The molecule has 68 valence electrons. The molecule has 0 fully saturated rings. The Balaban J connectivity index is 0.00000121. The van der Waals surface area contributed by atoms with Crippen LogP contribution in [0.2, 0.25) is 0 Å². The Morgan fingerprint density at radius 3 is 2.75 bits per heavy atom. The Morgan fingerprint density at radius 2 is 2.42 bits per heavy atom. The summed E-state index contributed by atoms with van der Waals surface area (Å²) < 4.78 is 1.23. The fraction of sp³-hybridized carbons (Fsp3) is 0.500. The van der Waals surface area contributed by atoms with Crippen LogP contribution in [0.3, 0.4) is 0 Å². The molecule has 0 aromatic carbocycles. The number of nitro groups is 1. The van der Waals surface area contributed by atoms with Gasteiger partial charge in [0.25, 0.3) is 0 Å². The Hall–Kier alpha value is -1.04. The Bertz CT molecular complexity index is 284. The van der Waals surface area contributed by atoms with E-state index >= 15 is 0 Å². The van der Waals surface area contributed by atoms with Crippen molar-refractivity contribution in [3.05, 3.63) is 21.9 Å². The van der Waals surface area contributed by atoms with Crippen molar-refractivity contribution in [2.24, 2.45) is 7.05 Å². The van der Waals surface area contributed by atoms with Crippen LogP contribution in [0, 0.1) is 10.1 Å². The van der Waals surface area contributed by atoms with Crippen LogP contribution in [-0.4, -0.2) is 14.7 Å². The molecular weight excluding hydrogens is 178 g/mol. The number of aromatic nitrogens is 2. The molecule has 1 aromatic rings. The zero-order valence-corrected chi connectivity index (χ0v) is 6.78. The molecule has 1 heterocycles. The van der Waals surface area contributed by atoms with Crippen LogP contribution in [0.1, 0.15) is 13.0 Å². The molecule has 0 bridgehead atoms. The van der Waals surface area contributed by atoms with Gasteiger partial charge in [-0.05, 0) is 4.92 Å². The van der Waals surface area contributed by atoms with Crippen molar-refractivity contribution in [3.63, 3.8) is 0 Å². The molecule has 0 spiro atoms. The van der Waals surface area contributed by atoms with E-state index in [1.165, 1.54) is 17.9 Å². The third-order valence-electron chi connectivity index (χ3n) is 1.32. The summed E-state index contributed by atoms with van der Waals surface area (Å²) in [6, 6.07) is 0. The highest BCUT2D eigenvalue weighted by atomic mass is 32.1. The largest absolute Gasteiger partial charge is 0.358 e. The van der Waals surface area contributed by atoms with Gasteiger partial charge in [-0.2, -0.15) is 12.6 Å². The van der Waals surface area contributed by atoms with E-state index in [0.29, 0.717) is 11.3 Å². The predicted octanol–water partition coefficient (Wildman–Crippen LogP) is 1.39. The van der Waals surface area contributed by atoms with Crippen LogP contribution in [0.5, 0.6) is 0 Å². The lowest BCUT2D eigenvalue weighted by molar-refractivity contribution is -0.392. The average molecular weight is 189 g/mol. The van der Waals surface area contributed by atoms with Crippen LogP contribution >= 0.6 is 12.6 Å². The van der Waals surface area contributed by atoms with Crippen molar-refractivity contribution >= 4 is 18.4 Å². The van der Waals surface area contributed by atoms with Gasteiger partial charge in [-0.15, -0.1) is 4.68 Å². The first kappa shape index (κ1) is 11.0. The second-order valence-electron chi connectivity index (χ2n) is 2.03. The molecular formula is C6H11N3O2S. The van der Waals surface area contributed by atoms with Crippen molar-refractivity contribution in [2.75, 3.05) is 0 Å². The molecule has 1 aromatic heterocycles. The van der Waals surface area contributed by atoms with Crippen LogP contribution in [0.15, 0.2) is 6.20 Å². The number of thiol groups is 1. The predicted molar refractivity (Wildman–Crippen MR) is 49.3 cm³/mol. The van der Waals surface area contributed by atoms with Gasteiger partial charge in [-0.3, -0.25) is 0 Å². The minimum Gasteiger partial charge on any atom is -0.358 e. The third kappa shape index (κ3) is 1.76. The molecule has 5 nitrogen and oxygen atoms in total. The van der Waals surface area contributed by atoms with E-state index in [-0.39, 0.29) is 13.2 Å². The second kappa shape index (κ2) is 4.10. The van der Waals surface area contributed by atoms with Gasteiger partial charge in [0.2, 0.25) is 0 Å². The van der Waals surface area contributed by atoms with Crippen molar-refractivity contribution in [1.82, 2.24) is 9.78 Å². The van der Waals surface area contributed by atoms with E-state index in [9.17, 15) is 10.1 Å². The Morgan fingerprint density at radius 1 is 1.83 bits per heavy atom. The fourth-order valence-electron chi connectivity index (χ4n) is 0.824. The SMILES string of the molecule is C.Cn1ncc(CS)c1[N+](=O)[O-]. The summed E-state index contributed by atoms with van der Waals surface area (Å²) in [5.74, 6) is 0.351. The Kier molecular flexibility index (Phi) is 3.75. The smallest absolute Gasteiger partial charge is 0.348 e. The standard InChI is InChI=1S/C5H7N3O2S.CH4/c1-7-5(8(9)10)4(3-11)2-6-7;/h2,11H,3H2,1H3;1H4. The van der Waals surface area contributed by atoms with Crippen molar-refractivity contribution in [3.8, 4) is 0 Å². The van der Waals surface area contributed by atoms with Gasteiger partial charge < -0.3 is 10.1 Å². The molecule has 0 N–H and O–H groups in total. The molecule has 12 heavy (non-hydrogen) atoms. The highest BCUT2D eigenvalue weighted by Gasteiger charge is 2.16. The van der Waals surface area contributed by atoms with Crippen LogP contribution in [-0.2, 0) is 12.8 Å². The minimum atomic E-state index is -0.460. The van der Waals surface area contributed by atoms with E-state index in [2.05, 4.69) is 17.7 Å².